The number of para-hydroxylation sites is 1. The van der Waals surface area contributed by atoms with E-state index in [9.17, 15) is 5.11 Å². The Bertz CT molecular complexity index is 553. The van der Waals surface area contributed by atoms with Gasteiger partial charge in [-0.15, -0.1) is 0 Å². The summed E-state index contributed by atoms with van der Waals surface area (Å²) in [5, 5.41) is 11.0. The van der Waals surface area contributed by atoms with Crippen LogP contribution in [0.25, 0.3) is 10.9 Å². The van der Waals surface area contributed by atoms with Crippen molar-refractivity contribution in [1.29, 1.82) is 0 Å². The number of hydrogen-bond acceptors (Lipinski definition) is 2. The summed E-state index contributed by atoms with van der Waals surface area (Å²) in [6.07, 6.45) is 0.781. The van der Waals surface area contributed by atoms with Crippen LogP contribution in [0.3, 0.4) is 0 Å². The Balaban J connectivity index is 2.58. The van der Waals surface area contributed by atoms with E-state index < -0.39 is 0 Å². The number of aromatic hydroxyl groups is 1. The van der Waals surface area contributed by atoms with Crippen molar-refractivity contribution in [3.05, 3.63) is 35.5 Å². The fourth-order valence-electron chi connectivity index (χ4n) is 2.01. The third kappa shape index (κ3) is 2.57. The van der Waals surface area contributed by atoms with Crippen LogP contribution in [0.1, 0.15) is 32.0 Å². The molecule has 0 fully saturated rings. The van der Waals surface area contributed by atoms with Crippen LogP contribution in [0.5, 0.6) is 5.75 Å². The third-order valence-electron chi connectivity index (χ3n) is 2.80. The van der Waals surface area contributed by atoms with Crippen LogP contribution < -0.4 is 0 Å². The molecule has 0 spiro atoms. The van der Waals surface area contributed by atoms with Gasteiger partial charge in [0.25, 0.3) is 0 Å². The molecule has 0 saturated carbocycles. The lowest BCUT2D eigenvalue weighted by Crippen LogP contribution is -2.10. The highest BCUT2D eigenvalue weighted by molar-refractivity contribution is 5.83. The Morgan fingerprint density at radius 3 is 2.59 bits per heavy atom. The van der Waals surface area contributed by atoms with E-state index in [1.165, 1.54) is 0 Å². The zero-order valence-corrected chi connectivity index (χ0v) is 10.9. The number of aryl methyl sites for hydroxylation is 1. The van der Waals surface area contributed by atoms with Crippen molar-refractivity contribution >= 4 is 10.9 Å². The summed E-state index contributed by atoms with van der Waals surface area (Å²) in [5.41, 5.74) is 3.06. The van der Waals surface area contributed by atoms with E-state index in [0.717, 1.165) is 28.6 Å². The maximum absolute atomic E-state index is 10.0. The number of hydrogen-bond donors (Lipinski definition) is 1. The lowest BCUT2D eigenvalue weighted by Gasteiger charge is -2.18. The summed E-state index contributed by atoms with van der Waals surface area (Å²) in [6.45, 7) is 8.50. The monoisotopic (exact) mass is 229 g/mol. The van der Waals surface area contributed by atoms with Gasteiger partial charge >= 0.3 is 0 Å². The number of rotatable bonds is 1. The van der Waals surface area contributed by atoms with Crippen LogP contribution in [-0.4, -0.2) is 10.1 Å². The molecule has 0 amide bonds. The first-order valence-corrected chi connectivity index (χ1v) is 5.95. The van der Waals surface area contributed by atoms with Gasteiger partial charge < -0.3 is 5.11 Å². The summed E-state index contributed by atoms with van der Waals surface area (Å²) in [6, 6.07) is 7.84. The second kappa shape index (κ2) is 4.02. The van der Waals surface area contributed by atoms with Crippen molar-refractivity contribution in [2.45, 2.75) is 34.1 Å². The van der Waals surface area contributed by atoms with E-state index in [0.29, 0.717) is 5.75 Å². The first-order chi connectivity index (χ1) is 7.87. The molecule has 0 aliphatic rings. The Kier molecular flexibility index (Phi) is 2.82. The molecule has 0 radical (unpaired) electrons. The minimum atomic E-state index is 0.126. The Hall–Kier alpha value is -1.57. The quantitative estimate of drug-likeness (QED) is 0.806. The molecule has 0 unspecified atom stereocenters. The van der Waals surface area contributed by atoms with Gasteiger partial charge in [-0.2, -0.15) is 0 Å². The van der Waals surface area contributed by atoms with E-state index in [4.69, 9.17) is 0 Å². The zero-order chi connectivity index (χ0) is 12.6. The molecule has 1 heterocycles. The highest BCUT2D eigenvalue weighted by atomic mass is 16.3. The van der Waals surface area contributed by atoms with E-state index in [1.54, 1.807) is 0 Å². The smallest absolute Gasteiger partial charge is 0.137 e. The van der Waals surface area contributed by atoms with Crippen molar-refractivity contribution in [3.63, 3.8) is 0 Å². The number of benzene rings is 1. The molecule has 0 aliphatic heterocycles. The lowest BCUT2D eigenvalue weighted by atomic mass is 9.90. The number of aromatic nitrogens is 1. The van der Waals surface area contributed by atoms with Gasteiger partial charge in [-0.05, 0) is 30.4 Å². The molecule has 0 saturated heterocycles. The first-order valence-electron chi connectivity index (χ1n) is 5.95. The summed E-state index contributed by atoms with van der Waals surface area (Å²) < 4.78 is 0. The van der Waals surface area contributed by atoms with Crippen LogP contribution in [0.15, 0.2) is 24.3 Å². The Morgan fingerprint density at radius 1 is 1.24 bits per heavy atom. The van der Waals surface area contributed by atoms with Gasteiger partial charge in [-0.3, -0.25) is 0 Å². The molecule has 1 N–H and O–H groups in total. The van der Waals surface area contributed by atoms with Gasteiger partial charge in [0, 0.05) is 5.39 Å². The van der Waals surface area contributed by atoms with Crippen molar-refractivity contribution in [2.24, 2.45) is 5.41 Å². The lowest BCUT2D eigenvalue weighted by molar-refractivity contribution is 0.389. The molecule has 0 atom stereocenters. The maximum Gasteiger partial charge on any atom is 0.137 e. The summed E-state index contributed by atoms with van der Waals surface area (Å²) in [4.78, 5) is 4.61. The minimum absolute atomic E-state index is 0.126. The molecular formula is C15H19NO. The fourth-order valence-corrected chi connectivity index (χ4v) is 2.01. The van der Waals surface area contributed by atoms with Crippen LogP contribution in [-0.2, 0) is 6.42 Å². The normalized spacial score (nSPS) is 12.0. The Labute approximate surface area is 102 Å². The summed E-state index contributed by atoms with van der Waals surface area (Å²) in [5.74, 6) is 0.304. The average molecular weight is 229 g/mol. The van der Waals surface area contributed by atoms with Gasteiger partial charge in [0.1, 0.15) is 5.75 Å². The van der Waals surface area contributed by atoms with Crippen LogP contribution in [0, 0.1) is 12.3 Å². The van der Waals surface area contributed by atoms with Gasteiger partial charge in [0.15, 0.2) is 0 Å². The highest BCUT2D eigenvalue weighted by Crippen LogP contribution is 2.29. The molecule has 2 nitrogen and oxygen atoms in total. The van der Waals surface area contributed by atoms with Crippen LogP contribution in [0.2, 0.25) is 0 Å². The van der Waals surface area contributed by atoms with Gasteiger partial charge in [0.05, 0.1) is 11.2 Å². The second-order valence-corrected chi connectivity index (χ2v) is 5.84. The van der Waals surface area contributed by atoms with Crippen LogP contribution >= 0.6 is 0 Å². The predicted molar refractivity (Wildman–Crippen MR) is 71.3 cm³/mol. The Morgan fingerprint density at radius 2 is 1.94 bits per heavy atom. The van der Waals surface area contributed by atoms with Crippen LogP contribution in [0.4, 0.5) is 0 Å². The fraction of sp³-hybridized carbons (Fsp3) is 0.400. The topological polar surface area (TPSA) is 33.1 Å². The number of fused-ring (bicyclic) bond motifs is 1. The summed E-state index contributed by atoms with van der Waals surface area (Å²) >= 11 is 0. The van der Waals surface area contributed by atoms with Crippen molar-refractivity contribution in [2.75, 3.05) is 0 Å². The SMILES string of the molecule is Cc1cccc2cc(O)c(CC(C)(C)C)nc12. The third-order valence-corrected chi connectivity index (χ3v) is 2.80. The minimum Gasteiger partial charge on any atom is -0.506 e. The van der Waals surface area contributed by atoms with Crippen molar-refractivity contribution in [1.82, 2.24) is 4.98 Å². The maximum atomic E-state index is 10.0. The van der Waals surface area contributed by atoms with Gasteiger partial charge in [0.2, 0.25) is 0 Å². The van der Waals surface area contributed by atoms with E-state index in [-0.39, 0.29) is 5.41 Å². The number of nitrogens with zero attached hydrogens (tertiary/aromatic N) is 1. The molecule has 0 aliphatic carbocycles. The van der Waals surface area contributed by atoms with E-state index in [1.807, 2.05) is 31.2 Å². The van der Waals surface area contributed by atoms with Gasteiger partial charge in [-0.1, -0.05) is 39.0 Å². The standard InChI is InChI=1S/C15H19NO/c1-10-6-5-7-11-8-13(17)12(16-14(10)11)9-15(2,3)4/h5-8,17H,9H2,1-4H3. The van der Waals surface area contributed by atoms with Gasteiger partial charge in [-0.25, -0.2) is 4.98 Å². The highest BCUT2D eigenvalue weighted by Gasteiger charge is 2.16. The van der Waals surface area contributed by atoms with Crippen molar-refractivity contribution in [3.8, 4) is 5.75 Å². The molecule has 0 bridgehead atoms. The second-order valence-electron chi connectivity index (χ2n) is 5.84. The molecule has 2 rings (SSSR count). The summed E-state index contributed by atoms with van der Waals surface area (Å²) in [7, 11) is 0. The molecule has 1 aromatic carbocycles. The molecule has 90 valence electrons. The van der Waals surface area contributed by atoms with Crippen molar-refractivity contribution < 1.29 is 5.11 Å². The predicted octanol–water partition coefficient (Wildman–Crippen LogP) is 3.84. The molecule has 2 heteroatoms. The van der Waals surface area contributed by atoms with E-state index >= 15 is 0 Å². The average Bonchev–Trinajstić information content (AvgIpc) is 2.18. The molecule has 17 heavy (non-hydrogen) atoms. The largest absolute Gasteiger partial charge is 0.506 e. The zero-order valence-electron chi connectivity index (χ0n) is 10.9. The first kappa shape index (κ1) is 11.9. The van der Waals surface area contributed by atoms with E-state index in [2.05, 4.69) is 25.8 Å². The molecule has 2 aromatic rings. The number of pyridine rings is 1. The molecule has 1 aromatic heterocycles. The molecular weight excluding hydrogens is 210 g/mol.